The number of para-hydroxylation sites is 1. The molecule has 7 heteroatoms. The Balaban J connectivity index is 1.43. The Kier molecular flexibility index (Phi) is 5.54. The van der Waals surface area contributed by atoms with E-state index >= 15 is 0 Å². The highest BCUT2D eigenvalue weighted by Gasteiger charge is 2.18. The van der Waals surface area contributed by atoms with E-state index in [2.05, 4.69) is 15.4 Å². The number of anilines is 1. The van der Waals surface area contributed by atoms with Crippen molar-refractivity contribution in [2.24, 2.45) is 7.05 Å². The lowest BCUT2D eigenvalue weighted by molar-refractivity contribution is 0.101. The van der Waals surface area contributed by atoms with Gasteiger partial charge in [0.05, 0.1) is 17.1 Å². The Hall–Kier alpha value is -4.10. The summed E-state index contributed by atoms with van der Waals surface area (Å²) in [5.41, 5.74) is 4.61. The van der Waals surface area contributed by atoms with Crippen molar-refractivity contribution in [3.63, 3.8) is 0 Å². The highest BCUT2D eigenvalue weighted by atomic mass is 32.1. The van der Waals surface area contributed by atoms with Crippen LogP contribution in [0.1, 0.15) is 10.5 Å². The van der Waals surface area contributed by atoms with E-state index in [-0.39, 0.29) is 11.7 Å². The number of halogens is 1. The first-order chi connectivity index (χ1) is 16.1. The zero-order valence-electron chi connectivity index (χ0n) is 17.7. The van der Waals surface area contributed by atoms with E-state index in [0.29, 0.717) is 27.6 Å². The van der Waals surface area contributed by atoms with Crippen molar-refractivity contribution >= 4 is 22.9 Å². The summed E-state index contributed by atoms with van der Waals surface area (Å²) in [6.45, 7) is 0. The summed E-state index contributed by atoms with van der Waals surface area (Å²) in [7, 11) is 1.74. The van der Waals surface area contributed by atoms with Crippen molar-refractivity contribution in [2.75, 3.05) is 5.32 Å². The summed E-state index contributed by atoms with van der Waals surface area (Å²) in [4.78, 5) is 17.7. The van der Waals surface area contributed by atoms with Crippen LogP contribution in [0.3, 0.4) is 0 Å². The number of carbonyl (C=O) groups is 1. The average Bonchev–Trinajstić information content (AvgIpc) is 3.47. The van der Waals surface area contributed by atoms with E-state index in [1.54, 1.807) is 36.0 Å². The molecule has 3 aromatic carbocycles. The second-order valence-corrected chi connectivity index (χ2v) is 8.28. The van der Waals surface area contributed by atoms with E-state index in [4.69, 9.17) is 0 Å². The molecule has 0 unspecified atom stereocenters. The summed E-state index contributed by atoms with van der Waals surface area (Å²) < 4.78 is 15.8. The molecule has 2 heterocycles. The van der Waals surface area contributed by atoms with Gasteiger partial charge in [-0.1, -0.05) is 60.7 Å². The van der Waals surface area contributed by atoms with Crippen molar-refractivity contribution in [3.05, 3.63) is 102 Å². The number of carbonyl (C=O) groups excluding carboxylic acids is 1. The molecule has 0 aliphatic heterocycles. The first-order valence-corrected chi connectivity index (χ1v) is 11.2. The second kappa shape index (κ2) is 8.80. The van der Waals surface area contributed by atoms with Crippen LogP contribution >= 0.6 is 11.3 Å². The number of nitrogens with one attached hydrogen (secondary N) is 1. The molecule has 1 amide bonds. The zero-order valence-corrected chi connectivity index (χ0v) is 18.5. The van der Waals surface area contributed by atoms with Gasteiger partial charge < -0.3 is 5.32 Å². The smallest absolute Gasteiger partial charge is 0.273 e. The van der Waals surface area contributed by atoms with Gasteiger partial charge >= 0.3 is 0 Å². The lowest BCUT2D eigenvalue weighted by Crippen LogP contribution is -2.16. The molecule has 0 atom stereocenters. The number of thiazole rings is 1. The molecule has 0 saturated heterocycles. The van der Waals surface area contributed by atoms with E-state index in [1.807, 2.05) is 60.0 Å². The van der Waals surface area contributed by atoms with E-state index in [0.717, 1.165) is 16.8 Å². The van der Waals surface area contributed by atoms with Gasteiger partial charge in [0.25, 0.3) is 5.91 Å². The predicted octanol–water partition coefficient (Wildman–Crippen LogP) is 6.27. The third-order valence-electron chi connectivity index (χ3n) is 5.24. The normalized spacial score (nSPS) is 10.8. The Bertz CT molecular complexity index is 1440. The van der Waals surface area contributed by atoms with Gasteiger partial charge in [-0.15, -0.1) is 11.3 Å². The van der Waals surface area contributed by atoms with Crippen LogP contribution in [0, 0.1) is 5.82 Å². The average molecular weight is 455 g/mol. The van der Waals surface area contributed by atoms with Gasteiger partial charge in [-0.2, -0.15) is 5.10 Å². The third-order valence-corrected chi connectivity index (χ3v) is 6.12. The Labute approximate surface area is 194 Å². The van der Waals surface area contributed by atoms with Crippen LogP contribution in [-0.2, 0) is 7.05 Å². The molecule has 0 aliphatic rings. The number of aryl methyl sites for hydroxylation is 1. The first-order valence-electron chi connectivity index (χ1n) is 10.3. The van der Waals surface area contributed by atoms with E-state index in [1.165, 1.54) is 17.4 Å². The van der Waals surface area contributed by atoms with Gasteiger partial charge in [-0.3, -0.25) is 9.48 Å². The monoisotopic (exact) mass is 454 g/mol. The molecule has 5 rings (SSSR count). The first kappa shape index (κ1) is 20.8. The Morgan fingerprint density at radius 2 is 1.61 bits per heavy atom. The fraction of sp³-hybridized carbons (Fsp3) is 0.0385. The molecule has 1 N–H and O–H groups in total. The van der Waals surface area contributed by atoms with Crippen LogP contribution in [0.2, 0.25) is 0 Å². The maximum absolute atomic E-state index is 14.2. The second-order valence-electron chi connectivity index (χ2n) is 7.42. The van der Waals surface area contributed by atoms with Crippen molar-refractivity contribution < 1.29 is 9.18 Å². The number of hydrogen-bond acceptors (Lipinski definition) is 4. The van der Waals surface area contributed by atoms with Gasteiger partial charge in [0.1, 0.15) is 16.5 Å². The SMILES string of the molecule is Cn1nc(-c2ccccc2)cc1C(=O)Nc1ccccc1-c1csc(-c2ccccc2F)n1. The molecule has 0 radical (unpaired) electrons. The maximum Gasteiger partial charge on any atom is 0.273 e. The minimum atomic E-state index is -0.314. The quantitative estimate of drug-likeness (QED) is 0.341. The maximum atomic E-state index is 14.2. The minimum Gasteiger partial charge on any atom is -0.320 e. The van der Waals surface area contributed by atoms with Crippen molar-refractivity contribution in [1.82, 2.24) is 14.8 Å². The summed E-state index contributed by atoms with van der Waals surface area (Å²) in [5.74, 6) is -0.588. The standard InChI is InChI=1S/C26H19FN4OS/c1-31-24(15-22(30-31)17-9-3-2-4-10-17)25(32)28-21-14-8-6-12-19(21)23-16-33-26(29-23)18-11-5-7-13-20(18)27/h2-16H,1H3,(H,28,32). The summed E-state index contributed by atoms with van der Waals surface area (Å²) >= 11 is 1.36. The van der Waals surface area contributed by atoms with Crippen LogP contribution in [0.15, 0.2) is 90.3 Å². The molecule has 0 bridgehead atoms. The predicted molar refractivity (Wildman–Crippen MR) is 130 cm³/mol. The largest absolute Gasteiger partial charge is 0.320 e. The summed E-state index contributed by atoms with van der Waals surface area (Å²) in [6.07, 6.45) is 0. The van der Waals surface area contributed by atoms with Crippen LogP contribution in [0.25, 0.3) is 33.1 Å². The minimum absolute atomic E-state index is 0.274. The number of amides is 1. The van der Waals surface area contributed by atoms with Crippen LogP contribution in [0.4, 0.5) is 10.1 Å². The fourth-order valence-corrected chi connectivity index (χ4v) is 4.43. The van der Waals surface area contributed by atoms with E-state index < -0.39 is 0 Å². The highest BCUT2D eigenvalue weighted by molar-refractivity contribution is 7.13. The van der Waals surface area contributed by atoms with Crippen molar-refractivity contribution in [3.8, 4) is 33.1 Å². The number of benzene rings is 3. The molecular weight excluding hydrogens is 435 g/mol. The lowest BCUT2D eigenvalue weighted by atomic mass is 10.1. The molecule has 0 saturated carbocycles. The molecule has 33 heavy (non-hydrogen) atoms. The van der Waals surface area contributed by atoms with Crippen LogP contribution < -0.4 is 5.32 Å². The van der Waals surface area contributed by atoms with Gasteiger partial charge in [0.15, 0.2) is 0 Å². The number of aromatic nitrogens is 3. The summed E-state index contributed by atoms with van der Waals surface area (Å²) in [6, 6.07) is 25.5. The Morgan fingerprint density at radius 3 is 2.39 bits per heavy atom. The number of nitrogens with zero attached hydrogens (tertiary/aromatic N) is 3. The zero-order chi connectivity index (χ0) is 22.8. The fourth-order valence-electron chi connectivity index (χ4n) is 3.59. The van der Waals surface area contributed by atoms with Gasteiger partial charge in [-0.05, 0) is 24.3 Å². The van der Waals surface area contributed by atoms with Gasteiger partial charge in [0.2, 0.25) is 0 Å². The third kappa shape index (κ3) is 4.18. The molecule has 5 nitrogen and oxygen atoms in total. The highest BCUT2D eigenvalue weighted by Crippen LogP contribution is 2.34. The molecule has 2 aromatic heterocycles. The Morgan fingerprint density at radius 1 is 0.909 bits per heavy atom. The topological polar surface area (TPSA) is 59.8 Å². The molecule has 0 fully saturated rings. The van der Waals surface area contributed by atoms with Gasteiger partial charge in [0, 0.05) is 29.1 Å². The number of rotatable bonds is 5. The van der Waals surface area contributed by atoms with Crippen molar-refractivity contribution in [2.45, 2.75) is 0 Å². The molecule has 0 spiro atoms. The van der Waals surface area contributed by atoms with E-state index in [9.17, 15) is 9.18 Å². The van der Waals surface area contributed by atoms with Gasteiger partial charge in [-0.25, -0.2) is 9.37 Å². The lowest BCUT2D eigenvalue weighted by Gasteiger charge is -2.09. The number of hydrogen-bond donors (Lipinski definition) is 1. The van der Waals surface area contributed by atoms with Crippen molar-refractivity contribution in [1.29, 1.82) is 0 Å². The molecule has 0 aliphatic carbocycles. The summed E-state index contributed by atoms with van der Waals surface area (Å²) in [5, 5.41) is 9.91. The molecule has 5 aromatic rings. The van der Waals surface area contributed by atoms with Crippen LogP contribution in [-0.4, -0.2) is 20.7 Å². The molecule has 162 valence electrons. The molecular formula is C26H19FN4OS. The van der Waals surface area contributed by atoms with Crippen LogP contribution in [0.5, 0.6) is 0 Å².